The average Bonchev–Trinajstić information content (AvgIpc) is 3.12. The Labute approximate surface area is 104 Å². The Balaban J connectivity index is 1.73. The van der Waals surface area contributed by atoms with Crippen LogP contribution in [0.5, 0.6) is 0 Å². The maximum atomic E-state index is 5.72. The maximum absolute atomic E-state index is 5.72. The second-order valence-corrected chi connectivity index (χ2v) is 5.51. The van der Waals surface area contributed by atoms with E-state index in [1.54, 1.807) is 0 Å². The van der Waals surface area contributed by atoms with Crippen molar-refractivity contribution in [3.63, 3.8) is 0 Å². The van der Waals surface area contributed by atoms with Gasteiger partial charge in [-0.1, -0.05) is 31.0 Å². The number of anilines is 1. The molecule has 1 heterocycles. The monoisotopic (exact) mass is 230 g/mol. The number of nitrogens with two attached hydrogens (primary N) is 1. The Morgan fingerprint density at radius 2 is 2.00 bits per heavy atom. The van der Waals surface area contributed by atoms with Crippen LogP contribution in [0.1, 0.15) is 37.2 Å². The molecule has 2 N–H and O–H groups in total. The predicted molar refractivity (Wildman–Crippen MR) is 72.4 cm³/mol. The molecule has 0 aromatic heterocycles. The summed E-state index contributed by atoms with van der Waals surface area (Å²) in [6, 6.07) is 8.88. The molecule has 0 spiro atoms. The van der Waals surface area contributed by atoms with Gasteiger partial charge >= 0.3 is 0 Å². The van der Waals surface area contributed by atoms with Gasteiger partial charge in [-0.15, -0.1) is 0 Å². The van der Waals surface area contributed by atoms with E-state index < -0.39 is 0 Å². The summed E-state index contributed by atoms with van der Waals surface area (Å²) in [6.07, 6.45) is 5.42. The second-order valence-electron chi connectivity index (χ2n) is 5.51. The van der Waals surface area contributed by atoms with E-state index in [1.165, 1.54) is 43.6 Å². The quantitative estimate of drug-likeness (QED) is 0.842. The van der Waals surface area contributed by atoms with Crippen molar-refractivity contribution in [2.24, 2.45) is 11.7 Å². The molecule has 0 amide bonds. The van der Waals surface area contributed by atoms with Gasteiger partial charge in [0.05, 0.1) is 0 Å². The van der Waals surface area contributed by atoms with E-state index in [1.807, 2.05) is 0 Å². The molecule has 2 aliphatic rings. The van der Waals surface area contributed by atoms with Gasteiger partial charge in [0.25, 0.3) is 0 Å². The van der Waals surface area contributed by atoms with Gasteiger partial charge in [0.2, 0.25) is 0 Å². The molecule has 1 atom stereocenters. The van der Waals surface area contributed by atoms with Crippen molar-refractivity contribution in [3.8, 4) is 0 Å². The standard InChI is InChI=1S/C15H22N2/c16-9-7-13-11-17(10-8-12-5-6-12)15-4-2-1-3-14(13)15/h1-4,12-13H,5-11,16H2. The minimum absolute atomic E-state index is 0.662. The van der Waals surface area contributed by atoms with Gasteiger partial charge in [0.15, 0.2) is 0 Å². The van der Waals surface area contributed by atoms with Crippen molar-refractivity contribution in [1.82, 2.24) is 0 Å². The number of rotatable bonds is 5. The number of hydrogen-bond donors (Lipinski definition) is 1. The van der Waals surface area contributed by atoms with Crippen molar-refractivity contribution < 1.29 is 0 Å². The van der Waals surface area contributed by atoms with Crippen LogP contribution in [0.4, 0.5) is 5.69 Å². The highest BCUT2D eigenvalue weighted by Gasteiger charge is 2.29. The van der Waals surface area contributed by atoms with Gasteiger partial charge in [0, 0.05) is 24.7 Å². The van der Waals surface area contributed by atoms with Crippen LogP contribution in [0.2, 0.25) is 0 Å². The zero-order valence-corrected chi connectivity index (χ0v) is 10.4. The molecule has 17 heavy (non-hydrogen) atoms. The van der Waals surface area contributed by atoms with E-state index in [2.05, 4.69) is 29.2 Å². The maximum Gasteiger partial charge on any atom is 0.0402 e. The number of hydrogen-bond acceptors (Lipinski definition) is 2. The smallest absolute Gasteiger partial charge is 0.0402 e. The lowest BCUT2D eigenvalue weighted by Gasteiger charge is -2.19. The third-order valence-electron chi connectivity index (χ3n) is 4.18. The highest BCUT2D eigenvalue weighted by molar-refractivity contribution is 5.60. The van der Waals surface area contributed by atoms with Gasteiger partial charge in [-0.05, 0) is 36.9 Å². The summed E-state index contributed by atoms with van der Waals surface area (Å²) < 4.78 is 0. The molecule has 0 bridgehead atoms. The third-order valence-corrected chi connectivity index (χ3v) is 4.18. The first-order chi connectivity index (χ1) is 8.38. The molecule has 1 fully saturated rings. The first kappa shape index (κ1) is 11.1. The molecule has 1 aromatic rings. The predicted octanol–water partition coefficient (Wildman–Crippen LogP) is 2.74. The molecular formula is C15H22N2. The van der Waals surface area contributed by atoms with E-state index in [0.717, 1.165) is 18.9 Å². The van der Waals surface area contributed by atoms with Crippen molar-refractivity contribution in [1.29, 1.82) is 0 Å². The van der Waals surface area contributed by atoms with Crippen LogP contribution in [-0.2, 0) is 0 Å². The second kappa shape index (κ2) is 4.69. The minimum Gasteiger partial charge on any atom is -0.371 e. The normalized spacial score (nSPS) is 22.9. The van der Waals surface area contributed by atoms with Crippen LogP contribution in [0, 0.1) is 5.92 Å². The highest BCUT2D eigenvalue weighted by atomic mass is 15.2. The van der Waals surface area contributed by atoms with Gasteiger partial charge < -0.3 is 10.6 Å². The van der Waals surface area contributed by atoms with E-state index in [-0.39, 0.29) is 0 Å². The Kier molecular flexibility index (Phi) is 3.06. The van der Waals surface area contributed by atoms with Crippen LogP contribution in [0.25, 0.3) is 0 Å². The van der Waals surface area contributed by atoms with E-state index in [4.69, 9.17) is 5.73 Å². The van der Waals surface area contributed by atoms with Crippen LogP contribution in [-0.4, -0.2) is 19.6 Å². The van der Waals surface area contributed by atoms with Crippen molar-refractivity contribution >= 4 is 5.69 Å². The summed E-state index contributed by atoms with van der Waals surface area (Å²) in [5.41, 5.74) is 8.71. The van der Waals surface area contributed by atoms with E-state index in [0.29, 0.717) is 5.92 Å². The SMILES string of the molecule is NCCC1CN(CCC2CC2)c2ccccc21. The first-order valence-electron chi connectivity index (χ1n) is 6.92. The highest BCUT2D eigenvalue weighted by Crippen LogP contribution is 2.39. The number of para-hydroxylation sites is 1. The topological polar surface area (TPSA) is 29.3 Å². The van der Waals surface area contributed by atoms with E-state index in [9.17, 15) is 0 Å². The lowest BCUT2D eigenvalue weighted by molar-refractivity contribution is 0.621. The average molecular weight is 230 g/mol. The number of fused-ring (bicyclic) bond motifs is 1. The van der Waals surface area contributed by atoms with Crippen LogP contribution < -0.4 is 10.6 Å². The Morgan fingerprint density at radius 1 is 1.18 bits per heavy atom. The van der Waals surface area contributed by atoms with Gasteiger partial charge in [-0.25, -0.2) is 0 Å². The summed E-state index contributed by atoms with van der Waals surface area (Å²) in [7, 11) is 0. The molecule has 2 nitrogen and oxygen atoms in total. The molecule has 1 aromatic carbocycles. The van der Waals surface area contributed by atoms with Crippen LogP contribution in [0.15, 0.2) is 24.3 Å². The largest absolute Gasteiger partial charge is 0.371 e. The Morgan fingerprint density at radius 3 is 2.76 bits per heavy atom. The summed E-state index contributed by atoms with van der Waals surface area (Å²) in [4.78, 5) is 2.58. The number of benzene rings is 1. The Bertz CT molecular complexity index is 384. The lowest BCUT2D eigenvalue weighted by Crippen LogP contribution is -2.24. The van der Waals surface area contributed by atoms with Crippen LogP contribution in [0.3, 0.4) is 0 Å². The molecule has 0 radical (unpaired) electrons. The fraction of sp³-hybridized carbons (Fsp3) is 0.600. The zero-order chi connectivity index (χ0) is 11.7. The van der Waals surface area contributed by atoms with Crippen LogP contribution >= 0.6 is 0 Å². The first-order valence-corrected chi connectivity index (χ1v) is 6.92. The Hall–Kier alpha value is -1.02. The van der Waals surface area contributed by atoms with Gasteiger partial charge in [-0.3, -0.25) is 0 Å². The molecule has 1 saturated carbocycles. The molecule has 1 aliphatic carbocycles. The molecule has 1 unspecified atom stereocenters. The molecule has 2 heteroatoms. The molecule has 92 valence electrons. The van der Waals surface area contributed by atoms with Gasteiger partial charge in [-0.2, -0.15) is 0 Å². The fourth-order valence-corrected chi connectivity index (χ4v) is 2.99. The third kappa shape index (κ3) is 2.32. The summed E-state index contributed by atoms with van der Waals surface area (Å²) >= 11 is 0. The molecule has 3 rings (SSSR count). The summed E-state index contributed by atoms with van der Waals surface area (Å²) in [5.74, 6) is 1.69. The number of nitrogens with zero attached hydrogens (tertiary/aromatic N) is 1. The minimum atomic E-state index is 0.662. The summed E-state index contributed by atoms with van der Waals surface area (Å²) in [6.45, 7) is 3.22. The van der Waals surface area contributed by atoms with Crippen molar-refractivity contribution in [2.45, 2.75) is 31.6 Å². The fourth-order valence-electron chi connectivity index (χ4n) is 2.99. The van der Waals surface area contributed by atoms with Crippen molar-refractivity contribution in [3.05, 3.63) is 29.8 Å². The lowest BCUT2D eigenvalue weighted by atomic mass is 9.98. The van der Waals surface area contributed by atoms with Crippen molar-refractivity contribution in [2.75, 3.05) is 24.5 Å². The summed E-state index contributed by atoms with van der Waals surface area (Å²) in [5, 5.41) is 0. The zero-order valence-electron chi connectivity index (χ0n) is 10.4. The van der Waals surface area contributed by atoms with Gasteiger partial charge in [0.1, 0.15) is 0 Å². The van der Waals surface area contributed by atoms with E-state index >= 15 is 0 Å². The molecule has 0 saturated heterocycles. The molecule has 1 aliphatic heterocycles. The molecular weight excluding hydrogens is 208 g/mol.